The van der Waals surface area contributed by atoms with Crippen molar-refractivity contribution in [3.8, 4) is 0 Å². The normalized spacial score (nSPS) is 16.5. The molecular formula is C20H29N3O. The summed E-state index contributed by atoms with van der Waals surface area (Å²) in [5.41, 5.74) is 1.92. The molecule has 4 nitrogen and oxygen atoms in total. The summed E-state index contributed by atoms with van der Waals surface area (Å²) >= 11 is 0. The molecule has 24 heavy (non-hydrogen) atoms. The van der Waals surface area contributed by atoms with Crippen LogP contribution in [-0.2, 0) is 16.8 Å². The summed E-state index contributed by atoms with van der Waals surface area (Å²) in [7, 11) is 1.97. The molecule has 1 aromatic carbocycles. The third-order valence-corrected chi connectivity index (χ3v) is 5.13. The minimum Gasteiger partial charge on any atom is -0.341 e. The van der Waals surface area contributed by atoms with Gasteiger partial charge in [0.05, 0.1) is 11.0 Å². The van der Waals surface area contributed by atoms with Crippen LogP contribution in [0, 0.1) is 0 Å². The number of hydrogen-bond acceptors (Lipinski definition) is 2. The molecule has 3 rings (SSSR count). The summed E-state index contributed by atoms with van der Waals surface area (Å²) in [6.07, 6.45) is 6.06. The van der Waals surface area contributed by atoms with Crippen molar-refractivity contribution in [2.75, 3.05) is 7.05 Å². The number of amides is 1. The lowest BCUT2D eigenvalue weighted by molar-refractivity contribution is -0.133. The van der Waals surface area contributed by atoms with Gasteiger partial charge in [-0.3, -0.25) is 4.79 Å². The Bertz CT molecular complexity index is 720. The number of carbonyl (C=O) groups excluding carboxylic acids is 1. The molecule has 0 N–H and O–H groups in total. The molecule has 0 bridgehead atoms. The molecule has 0 spiro atoms. The van der Waals surface area contributed by atoms with E-state index < -0.39 is 0 Å². The molecule has 0 unspecified atom stereocenters. The van der Waals surface area contributed by atoms with Crippen molar-refractivity contribution in [2.45, 2.75) is 70.9 Å². The van der Waals surface area contributed by atoms with Crippen LogP contribution in [0.25, 0.3) is 11.0 Å². The lowest BCUT2D eigenvalue weighted by Gasteiger charge is -2.32. The molecule has 1 amide bonds. The second kappa shape index (κ2) is 6.58. The summed E-state index contributed by atoms with van der Waals surface area (Å²) in [6.45, 7) is 6.83. The molecule has 2 aromatic rings. The molecule has 1 aromatic heterocycles. The summed E-state index contributed by atoms with van der Waals surface area (Å²) in [5.74, 6) is 1.17. The van der Waals surface area contributed by atoms with E-state index >= 15 is 0 Å². The van der Waals surface area contributed by atoms with Crippen molar-refractivity contribution in [3.63, 3.8) is 0 Å². The number of nitrogens with zero attached hydrogens (tertiary/aromatic N) is 3. The molecule has 1 saturated carbocycles. The summed E-state index contributed by atoms with van der Waals surface area (Å²) in [6, 6.07) is 8.51. The number of aromatic nitrogens is 2. The topological polar surface area (TPSA) is 38.1 Å². The average molecular weight is 327 g/mol. The van der Waals surface area contributed by atoms with E-state index in [-0.39, 0.29) is 11.3 Å². The molecule has 1 fully saturated rings. The standard InChI is InChI=1S/C20H29N3O/c1-20(2,3)19-21-16-12-8-9-13-17(16)23(19)14-18(24)22(4)15-10-6-5-7-11-15/h8-9,12-13,15H,5-7,10-11,14H2,1-4H3. The van der Waals surface area contributed by atoms with Gasteiger partial charge < -0.3 is 9.47 Å². The zero-order valence-electron chi connectivity index (χ0n) is 15.4. The van der Waals surface area contributed by atoms with Gasteiger partial charge in [-0.05, 0) is 25.0 Å². The fourth-order valence-corrected chi connectivity index (χ4v) is 3.73. The van der Waals surface area contributed by atoms with E-state index in [1.54, 1.807) is 0 Å². The van der Waals surface area contributed by atoms with Crippen LogP contribution >= 0.6 is 0 Å². The molecule has 4 heteroatoms. The highest BCUT2D eigenvalue weighted by Gasteiger charge is 2.27. The van der Waals surface area contributed by atoms with Crippen LogP contribution in [0.4, 0.5) is 0 Å². The first-order chi connectivity index (χ1) is 11.4. The maximum atomic E-state index is 12.9. The van der Waals surface area contributed by atoms with Crippen molar-refractivity contribution in [1.82, 2.24) is 14.5 Å². The Morgan fingerprint density at radius 2 is 1.88 bits per heavy atom. The van der Waals surface area contributed by atoms with E-state index in [0.29, 0.717) is 12.6 Å². The number of rotatable bonds is 3. The van der Waals surface area contributed by atoms with Gasteiger partial charge in [0, 0.05) is 18.5 Å². The Kier molecular flexibility index (Phi) is 4.66. The van der Waals surface area contributed by atoms with E-state index in [2.05, 4.69) is 31.4 Å². The molecule has 1 heterocycles. The van der Waals surface area contributed by atoms with Crippen LogP contribution in [0.2, 0.25) is 0 Å². The van der Waals surface area contributed by atoms with Crippen LogP contribution in [0.5, 0.6) is 0 Å². The summed E-state index contributed by atoms with van der Waals surface area (Å²) < 4.78 is 2.11. The van der Waals surface area contributed by atoms with E-state index in [4.69, 9.17) is 4.98 Å². The lowest BCUT2D eigenvalue weighted by atomic mass is 9.94. The minimum atomic E-state index is -0.0945. The van der Waals surface area contributed by atoms with Crippen molar-refractivity contribution in [1.29, 1.82) is 0 Å². The third kappa shape index (κ3) is 3.33. The third-order valence-electron chi connectivity index (χ3n) is 5.13. The lowest BCUT2D eigenvalue weighted by Crippen LogP contribution is -2.40. The van der Waals surface area contributed by atoms with Gasteiger partial charge in [-0.2, -0.15) is 0 Å². The van der Waals surface area contributed by atoms with E-state index in [9.17, 15) is 4.79 Å². The highest BCUT2D eigenvalue weighted by molar-refractivity contribution is 5.81. The largest absolute Gasteiger partial charge is 0.341 e. The first kappa shape index (κ1) is 17.0. The first-order valence-corrected chi connectivity index (χ1v) is 9.09. The second-order valence-electron chi connectivity index (χ2n) is 8.06. The molecule has 1 aliphatic carbocycles. The number of carbonyl (C=O) groups is 1. The van der Waals surface area contributed by atoms with Crippen LogP contribution in [-0.4, -0.2) is 33.4 Å². The monoisotopic (exact) mass is 327 g/mol. The molecule has 0 aliphatic heterocycles. The fourth-order valence-electron chi connectivity index (χ4n) is 3.73. The number of fused-ring (bicyclic) bond motifs is 1. The quantitative estimate of drug-likeness (QED) is 0.850. The Balaban J connectivity index is 1.89. The molecular weight excluding hydrogens is 298 g/mol. The predicted molar refractivity (Wildman–Crippen MR) is 98.1 cm³/mol. The van der Waals surface area contributed by atoms with Crippen molar-refractivity contribution in [2.24, 2.45) is 0 Å². The molecule has 130 valence electrons. The van der Waals surface area contributed by atoms with E-state index in [1.807, 2.05) is 30.1 Å². The number of likely N-dealkylation sites (N-methyl/N-ethyl adjacent to an activating group) is 1. The molecule has 0 radical (unpaired) electrons. The van der Waals surface area contributed by atoms with Crippen molar-refractivity contribution >= 4 is 16.9 Å². The van der Waals surface area contributed by atoms with E-state index in [1.165, 1.54) is 19.3 Å². The van der Waals surface area contributed by atoms with Gasteiger partial charge >= 0.3 is 0 Å². The van der Waals surface area contributed by atoms with Crippen LogP contribution in [0.3, 0.4) is 0 Å². The van der Waals surface area contributed by atoms with Crippen LogP contribution in [0.15, 0.2) is 24.3 Å². The zero-order chi connectivity index (χ0) is 17.3. The van der Waals surface area contributed by atoms with Gasteiger partial charge in [-0.25, -0.2) is 4.98 Å². The highest BCUT2D eigenvalue weighted by atomic mass is 16.2. The summed E-state index contributed by atoms with van der Waals surface area (Å²) in [5, 5.41) is 0. The average Bonchev–Trinajstić information content (AvgIpc) is 2.94. The number of benzene rings is 1. The van der Waals surface area contributed by atoms with E-state index in [0.717, 1.165) is 29.7 Å². The Hall–Kier alpha value is -1.84. The Labute approximate surface area is 144 Å². The maximum Gasteiger partial charge on any atom is 0.242 e. The van der Waals surface area contributed by atoms with Gasteiger partial charge in [-0.1, -0.05) is 52.2 Å². The van der Waals surface area contributed by atoms with Crippen molar-refractivity contribution in [3.05, 3.63) is 30.1 Å². The van der Waals surface area contributed by atoms with Crippen LogP contribution in [0.1, 0.15) is 58.7 Å². The number of imidazole rings is 1. The number of para-hydroxylation sites is 2. The smallest absolute Gasteiger partial charge is 0.242 e. The fraction of sp³-hybridized carbons (Fsp3) is 0.600. The minimum absolute atomic E-state index is 0.0945. The predicted octanol–water partition coefficient (Wildman–Crippen LogP) is 4.12. The van der Waals surface area contributed by atoms with Crippen LogP contribution < -0.4 is 0 Å². The number of hydrogen-bond donors (Lipinski definition) is 0. The second-order valence-corrected chi connectivity index (χ2v) is 8.06. The maximum absolute atomic E-state index is 12.9. The van der Waals surface area contributed by atoms with Gasteiger partial charge in [-0.15, -0.1) is 0 Å². The van der Waals surface area contributed by atoms with Crippen molar-refractivity contribution < 1.29 is 4.79 Å². The Morgan fingerprint density at radius 3 is 2.54 bits per heavy atom. The summed E-state index contributed by atoms with van der Waals surface area (Å²) in [4.78, 5) is 19.7. The highest BCUT2D eigenvalue weighted by Crippen LogP contribution is 2.27. The molecule has 0 atom stereocenters. The Morgan fingerprint density at radius 1 is 1.21 bits per heavy atom. The van der Waals surface area contributed by atoms with Gasteiger partial charge in [0.1, 0.15) is 12.4 Å². The molecule has 0 saturated heterocycles. The zero-order valence-corrected chi connectivity index (χ0v) is 15.4. The SMILES string of the molecule is CN(C(=O)Cn1c(C(C)(C)C)nc2ccccc21)C1CCCCC1. The van der Waals surface area contributed by atoms with Gasteiger partial charge in [0.15, 0.2) is 0 Å². The molecule has 1 aliphatic rings. The first-order valence-electron chi connectivity index (χ1n) is 9.09. The van der Waals surface area contributed by atoms with Gasteiger partial charge in [0.2, 0.25) is 5.91 Å². The van der Waals surface area contributed by atoms with Gasteiger partial charge in [0.25, 0.3) is 0 Å².